The van der Waals surface area contributed by atoms with Crippen molar-refractivity contribution in [2.45, 2.75) is 5.50 Å². The minimum atomic E-state index is -1.82. The van der Waals surface area contributed by atoms with Gasteiger partial charge in [-0.3, -0.25) is 0 Å². The minimum absolute atomic E-state index is 0.365. The summed E-state index contributed by atoms with van der Waals surface area (Å²) >= 11 is 0.718. The first-order valence-corrected chi connectivity index (χ1v) is 3.70. The van der Waals surface area contributed by atoms with Gasteiger partial charge >= 0.3 is 5.97 Å². The van der Waals surface area contributed by atoms with Crippen LogP contribution in [0.3, 0.4) is 0 Å². The highest BCUT2D eigenvalue weighted by Gasteiger charge is 2.14. The van der Waals surface area contributed by atoms with Crippen LogP contribution < -0.4 is 0 Å². The molecular weight excluding hydrogens is 159 g/mol. The summed E-state index contributed by atoms with van der Waals surface area (Å²) < 4.78 is 16.7. The van der Waals surface area contributed by atoms with Crippen molar-refractivity contribution >= 4 is 17.7 Å². The molecule has 0 fully saturated rings. The molecular formula is C5H9FO3S. The van der Waals surface area contributed by atoms with Crippen LogP contribution in [0.4, 0.5) is 4.39 Å². The number of thioether (sulfide) groups is 1. The van der Waals surface area contributed by atoms with E-state index in [2.05, 4.69) is 4.74 Å². The van der Waals surface area contributed by atoms with E-state index in [0.29, 0.717) is 12.4 Å². The molecule has 0 bridgehead atoms. The molecule has 0 saturated heterocycles. The summed E-state index contributed by atoms with van der Waals surface area (Å²) in [5.74, 6) is -1.06. The highest BCUT2D eigenvalue weighted by atomic mass is 32.2. The second-order valence-corrected chi connectivity index (χ2v) is 2.67. The average Bonchev–Trinajstić information content (AvgIpc) is 1.88. The summed E-state index contributed by atoms with van der Waals surface area (Å²) in [6.45, 7) is 0.373. The molecule has 1 N–H and O–H groups in total. The molecule has 0 aromatic heterocycles. The van der Waals surface area contributed by atoms with Crippen molar-refractivity contribution in [1.82, 2.24) is 0 Å². The highest BCUT2D eigenvalue weighted by molar-refractivity contribution is 8.00. The van der Waals surface area contributed by atoms with Crippen molar-refractivity contribution < 1.29 is 19.0 Å². The first-order valence-electron chi connectivity index (χ1n) is 2.66. The largest absolute Gasteiger partial charge is 0.478 e. The third-order valence-electron chi connectivity index (χ3n) is 0.746. The maximum absolute atomic E-state index is 12.2. The van der Waals surface area contributed by atoms with Crippen LogP contribution in [0.25, 0.3) is 0 Å². The predicted molar refractivity (Wildman–Crippen MR) is 36.9 cm³/mol. The van der Waals surface area contributed by atoms with Crippen molar-refractivity contribution in [3.8, 4) is 0 Å². The minimum Gasteiger partial charge on any atom is -0.478 e. The monoisotopic (exact) mass is 168 g/mol. The Balaban J connectivity index is 3.21. The van der Waals surface area contributed by atoms with Crippen LogP contribution in [-0.4, -0.2) is 36.0 Å². The topological polar surface area (TPSA) is 46.5 Å². The van der Waals surface area contributed by atoms with E-state index in [1.54, 1.807) is 0 Å². The SMILES string of the molecule is COCCSC(F)C(=O)O. The molecule has 0 aliphatic rings. The molecule has 0 radical (unpaired) electrons. The van der Waals surface area contributed by atoms with Crippen molar-refractivity contribution in [3.63, 3.8) is 0 Å². The maximum Gasteiger partial charge on any atom is 0.348 e. The highest BCUT2D eigenvalue weighted by Crippen LogP contribution is 2.11. The fourth-order valence-electron chi connectivity index (χ4n) is 0.306. The molecule has 60 valence electrons. The molecule has 0 aromatic rings. The number of carbonyl (C=O) groups is 1. The van der Waals surface area contributed by atoms with Gasteiger partial charge in [0.2, 0.25) is 5.50 Å². The Morgan fingerprint density at radius 2 is 2.50 bits per heavy atom. The first-order chi connectivity index (χ1) is 4.68. The summed E-state index contributed by atoms with van der Waals surface area (Å²) in [7, 11) is 1.48. The van der Waals surface area contributed by atoms with Crippen LogP contribution in [0, 0.1) is 0 Å². The Kier molecular flexibility index (Phi) is 5.33. The molecule has 10 heavy (non-hydrogen) atoms. The third kappa shape index (κ3) is 4.58. The molecule has 0 rings (SSSR count). The standard InChI is InChI=1S/C5H9FO3S/c1-9-2-3-10-4(6)5(7)8/h4H,2-3H2,1H3,(H,7,8). The predicted octanol–water partition coefficient (Wildman–Crippen LogP) is 0.746. The molecule has 1 unspecified atom stereocenters. The van der Waals surface area contributed by atoms with E-state index in [9.17, 15) is 9.18 Å². The Hall–Kier alpha value is -0.290. The van der Waals surface area contributed by atoms with E-state index < -0.39 is 11.5 Å². The van der Waals surface area contributed by atoms with Crippen molar-refractivity contribution in [3.05, 3.63) is 0 Å². The Bertz CT molecular complexity index is 109. The summed E-state index contributed by atoms with van der Waals surface area (Å²) in [6.07, 6.45) is 0. The number of carboxylic acid groups (broad SMARTS) is 1. The van der Waals surface area contributed by atoms with Gasteiger partial charge in [-0.2, -0.15) is 0 Å². The quantitative estimate of drug-likeness (QED) is 0.615. The molecule has 0 aliphatic carbocycles. The Morgan fingerprint density at radius 1 is 1.90 bits per heavy atom. The Labute approximate surface area is 62.6 Å². The lowest BCUT2D eigenvalue weighted by Crippen LogP contribution is -2.11. The maximum atomic E-state index is 12.2. The lowest BCUT2D eigenvalue weighted by Gasteiger charge is -2.00. The normalized spacial score (nSPS) is 13.0. The van der Waals surface area contributed by atoms with E-state index >= 15 is 0 Å². The summed E-state index contributed by atoms with van der Waals surface area (Å²) in [6, 6.07) is 0. The summed E-state index contributed by atoms with van der Waals surface area (Å²) in [5.41, 5.74) is -1.82. The third-order valence-corrected chi connectivity index (χ3v) is 1.64. The van der Waals surface area contributed by atoms with Gasteiger partial charge < -0.3 is 9.84 Å². The lowest BCUT2D eigenvalue weighted by atomic mass is 10.8. The van der Waals surface area contributed by atoms with Gasteiger partial charge in [0, 0.05) is 12.9 Å². The summed E-state index contributed by atoms with van der Waals surface area (Å²) in [5, 5.41) is 8.04. The molecule has 5 heteroatoms. The Morgan fingerprint density at radius 3 is 2.90 bits per heavy atom. The lowest BCUT2D eigenvalue weighted by molar-refractivity contribution is -0.139. The number of hydrogen-bond donors (Lipinski definition) is 1. The van der Waals surface area contributed by atoms with Crippen LogP contribution in [0.2, 0.25) is 0 Å². The fraction of sp³-hybridized carbons (Fsp3) is 0.800. The summed E-state index contributed by atoms with van der Waals surface area (Å²) in [4.78, 5) is 9.86. The van der Waals surface area contributed by atoms with Crippen LogP contribution in [-0.2, 0) is 9.53 Å². The molecule has 0 aliphatic heterocycles. The average molecular weight is 168 g/mol. The van der Waals surface area contributed by atoms with Crippen molar-refractivity contribution in [2.75, 3.05) is 19.5 Å². The molecule has 3 nitrogen and oxygen atoms in total. The number of ether oxygens (including phenoxy) is 1. The van der Waals surface area contributed by atoms with Gasteiger partial charge in [0.1, 0.15) is 0 Å². The van der Waals surface area contributed by atoms with Crippen LogP contribution >= 0.6 is 11.8 Å². The fourth-order valence-corrected chi connectivity index (χ4v) is 0.919. The van der Waals surface area contributed by atoms with Crippen molar-refractivity contribution in [1.29, 1.82) is 0 Å². The number of rotatable bonds is 5. The number of aliphatic carboxylic acids is 1. The molecule has 0 saturated carbocycles. The van der Waals surface area contributed by atoms with E-state index in [4.69, 9.17) is 5.11 Å². The van der Waals surface area contributed by atoms with Gasteiger partial charge in [-0.25, -0.2) is 9.18 Å². The van der Waals surface area contributed by atoms with Gasteiger partial charge in [0.25, 0.3) is 0 Å². The van der Waals surface area contributed by atoms with Gasteiger partial charge in [-0.1, -0.05) is 0 Å². The zero-order valence-corrected chi connectivity index (χ0v) is 6.36. The van der Waals surface area contributed by atoms with E-state index in [1.165, 1.54) is 7.11 Å². The number of carboxylic acids is 1. The molecule has 0 heterocycles. The molecule has 1 atom stereocenters. The zero-order chi connectivity index (χ0) is 7.98. The van der Waals surface area contributed by atoms with E-state index in [-0.39, 0.29) is 0 Å². The van der Waals surface area contributed by atoms with Gasteiger partial charge in [-0.15, -0.1) is 11.8 Å². The number of methoxy groups -OCH3 is 1. The van der Waals surface area contributed by atoms with Gasteiger partial charge in [0.05, 0.1) is 6.61 Å². The van der Waals surface area contributed by atoms with Gasteiger partial charge in [0.15, 0.2) is 0 Å². The zero-order valence-electron chi connectivity index (χ0n) is 5.54. The smallest absolute Gasteiger partial charge is 0.348 e. The number of alkyl halides is 1. The van der Waals surface area contributed by atoms with Crippen molar-refractivity contribution in [2.24, 2.45) is 0 Å². The second kappa shape index (κ2) is 5.49. The first kappa shape index (κ1) is 9.71. The second-order valence-electron chi connectivity index (χ2n) is 1.52. The van der Waals surface area contributed by atoms with Gasteiger partial charge in [-0.05, 0) is 0 Å². The molecule has 0 spiro atoms. The number of halogens is 1. The molecule has 0 amide bonds. The number of hydrogen-bond acceptors (Lipinski definition) is 3. The molecule has 0 aromatic carbocycles. The van der Waals surface area contributed by atoms with Crippen LogP contribution in [0.15, 0.2) is 0 Å². The van der Waals surface area contributed by atoms with E-state index in [0.717, 1.165) is 11.8 Å². The van der Waals surface area contributed by atoms with E-state index in [1.807, 2.05) is 0 Å². The van der Waals surface area contributed by atoms with Crippen LogP contribution in [0.1, 0.15) is 0 Å². The van der Waals surface area contributed by atoms with Crippen LogP contribution in [0.5, 0.6) is 0 Å².